The summed E-state index contributed by atoms with van der Waals surface area (Å²) in [5.41, 5.74) is 1.03. The predicted octanol–water partition coefficient (Wildman–Crippen LogP) is 3.11. The Morgan fingerprint density at radius 2 is 1.93 bits per heavy atom. The monoisotopic (exact) mass is 419 g/mol. The Morgan fingerprint density at radius 1 is 1.26 bits per heavy atom. The van der Waals surface area contributed by atoms with E-state index in [9.17, 15) is 4.79 Å². The van der Waals surface area contributed by atoms with Crippen molar-refractivity contribution in [3.05, 3.63) is 29.8 Å². The van der Waals surface area contributed by atoms with E-state index in [1.54, 1.807) is 0 Å². The van der Waals surface area contributed by atoms with Gasteiger partial charge in [0.15, 0.2) is 0 Å². The first-order valence-corrected chi connectivity index (χ1v) is 9.39. The molecule has 1 atom stereocenters. The highest BCUT2D eigenvalue weighted by Crippen LogP contribution is 2.24. The molecule has 0 spiro atoms. The number of ether oxygens (including phenoxy) is 1. The summed E-state index contributed by atoms with van der Waals surface area (Å²) in [6.45, 7) is 6.39. The van der Waals surface area contributed by atoms with Crippen LogP contribution in [0.5, 0.6) is 5.75 Å². The molecule has 5 nitrogen and oxygen atoms in total. The molecule has 0 radical (unpaired) electrons. The molecule has 1 aliphatic rings. The number of nitrogens with zero attached hydrogens (tertiary/aromatic N) is 1. The SMILES string of the molecule is CC(CC(=O)NCc1ccccc1OCCN(C)C)C1CCNCC1.Cl.Cl. The summed E-state index contributed by atoms with van der Waals surface area (Å²) in [6.07, 6.45) is 2.96. The minimum atomic E-state index is 0. The molecular weight excluding hydrogens is 385 g/mol. The van der Waals surface area contributed by atoms with Gasteiger partial charge in [-0.05, 0) is 57.9 Å². The van der Waals surface area contributed by atoms with E-state index in [4.69, 9.17) is 4.74 Å². The van der Waals surface area contributed by atoms with Crippen LogP contribution in [-0.4, -0.2) is 51.1 Å². The number of piperidine rings is 1. The fourth-order valence-electron chi connectivity index (χ4n) is 3.27. The summed E-state index contributed by atoms with van der Waals surface area (Å²) in [5, 5.41) is 6.45. The van der Waals surface area contributed by atoms with Crippen molar-refractivity contribution in [2.24, 2.45) is 11.8 Å². The average Bonchev–Trinajstić information content (AvgIpc) is 2.61. The van der Waals surface area contributed by atoms with Gasteiger partial charge in [-0.2, -0.15) is 0 Å². The Labute approximate surface area is 176 Å². The van der Waals surface area contributed by atoms with Crippen molar-refractivity contribution in [2.45, 2.75) is 32.7 Å². The Balaban J connectivity index is 0.00000338. The van der Waals surface area contributed by atoms with Crippen LogP contribution in [0, 0.1) is 11.8 Å². The summed E-state index contributed by atoms with van der Waals surface area (Å²) in [7, 11) is 4.05. The van der Waals surface area contributed by atoms with E-state index in [1.807, 2.05) is 38.4 Å². The van der Waals surface area contributed by atoms with E-state index in [1.165, 1.54) is 12.8 Å². The molecule has 1 amide bonds. The second kappa shape index (κ2) is 14.1. The van der Waals surface area contributed by atoms with Gasteiger partial charge in [-0.3, -0.25) is 4.79 Å². The van der Waals surface area contributed by atoms with Crippen molar-refractivity contribution in [3.63, 3.8) is 0 Å². The van der Waals surface area contributed by atoms with Crippen LogP contribution in [0.3, 0.4) is 0 Å². The Morgan fingerprint density at radius 3 is 2.59 bits per heavy atom. The molecule has 0 bridgehead atoms. The van der Waals surface area contributed by atoms with Crippen LogP contribution in [0.1, 0.15) is 31.7 Å². The third-order valence-electron chi connectivity index (χ3n) is 4.94. The number of carbonyl (C=O) groups is 1. The number of halogens is 2. The van der Waals surface area contributed by atoms with E-state index < -0.39 is 0 Å². The summed E-state index contributed by atoms with van der Waals surface area (Å²) in [5.74, 6) is 2.09. The number of benzene rings is 1. The zero-order valence-corrected chi connectivity index (χ0v) is 18.3. The predicted molar refractivity (Wildman–Crippen MR) is 116 cm³/mol. The molecule has 1 fully saturated rings. The molecule has 0 aliphatic carbocycles. The van der Waals surface area contributed by atoms with E-state index in [0.717, 1.165) is 30.9 Å². The zero-order valence-electron chi connectivity index (χ0n) is 16.7. The van der Waals surface area contributed by atoms with Gasteiger partial charge in [-0.15, -0.1) is 24.8 Å². The molecule has 1 heterocycles. The van der Waals surface area contributed by atoms with Crippen LogP contribution < -0.4 is 15.4 Å². The lowest BCUT2D eigenvalue weighted by Crippen LogP contribution is -2.33. The van der Waals surface area contributed by atoms with Gasteiger partial charge in [0, 0.05) is 25.1 Å². The molecule has 2 N–H and O–H groups in total. The fraction of sp³-hybridized carbons (Fsp3) is 0.650. The highest BCUT2D eigenvalue weighted by molar-refractivity contribution is 5.85. The van der Waals surface area contributed by atoms with Crippen LogP contribution >= 0.6 is 24.8 Å². The first kappa shape index (κ1) is 26.0. The zero-order chi connectivity index (χ0) is 18.1. The summed E-state index contributed by atoms with van der Waals surface area (Å²) < 4.78 is 5.86. The molecule has 2 rings (SSSR count). The van der Waals surface area contributed by atoms with Crippen molar-refractivity contribution in [3.8, 4) is 5.75 Å². The van der Waals surface area contributed by atoms with Crippen molar-refractivity contribution in [2.75, 3.05) is 40.3 Å². The van der Waals surface area contributed by atoms with Crippen LogP contribution in [0.2, 0.25) is 0 Å². The maximum absolute atomic E-state index is 12.3. The topological polar surface area (TPSA) is 53.6 Å². The minimum Gasteiger partial charge on any atom is -0.492 e. The number of likely N-dealkylation sites (N-methyl/N-ethyl adjacent to an activating group) is 1. The van der Waals surface area contributed by atoms with Crippen molar-refractivity contribution < 1.29 is 9.53 Å². The summed E-state index contributed by atoms with van der Waals surface area (Å²) in [6, 6.07) is 7.93. The largest absolute Gasteiger partial charge is 0.492 e. The molecule has 7 heteroatoms. The van der Waals surface area contributed by atoms with Gasteiger partial charge in [0.1, 0.15) is 12.4 Å². The summed E-state index contributed by atoms with van der Waals surface area (Å²) >= 11 is 0. The molecule has 27 heavy (non-hydrogen) atoms. The number of hydrogen-bond acceptors (Lipinski definition) is 4. The highest BCUT2D eigenvalue weighted by atomic mass is 35.5. The smallest absolute Gasteiger partial charge is 0.220 e. The quantitative estimate of drug-likeness (QED) is 0.645. The number of hydrogen-bond donors (Lipinski definition) is 2. The number of para-hydroxylation sites is 1. The molecule has 0 saturated carbocycles. The molecular formula is C20H35Cl2N3O2. The number of nitrogens with one attached hydrogen (secondary N) is 2. The van der Waals surface area contributed by atoms with Crippen LogP contribution in [-0.2, 0) is 11.3 Å². The first-order chi connectivity index (χ1) is 12.1. The third-order valence-corrected chi connectivity index (χ3v) is 4.94. The molecule has 1 aromatic carbocycles. The van der Waals surface area contributed by atoms with Gasteiger partial charge >= 0.3 is 0 Å². The molecule has 156 valence electrons. The van der Waals surface area contributed by atoms with Crippen molar-refractivity contribution >= 4 is 30.7 Å². The lowest BCUT2D eigenvalue weighted by molar-refractivity contribution is -0.122. The molecule has 1 aromatic rings. The average molecular weight is 420 g/mol. The van der Waals surface area contributed by atoms with Crippen LogP contribution in [0.25, 0.3) is 0 Å². The Bertz CT molecular complexity index is 538. The van der Waals surface area contributed by atoms with E-state index in [-0.39, 0.29) is 30.7 Å². The minimum absolute atomic E-state index is 0. The van der Waals surface area contributed by atoms with Crippen LogP contribution in [0.4, 0.5) is 0 Å². The highest BCUT2D eigenvalue weighted by Gasteiger charge is 2.21. The van der Waals surface area contributed by atoms with Gasteiger partial charge in [0.2, 0.25) is 5.91 Å². The van der Waals surface area contributed by atoms with Gasteiger partial charge in [-0.1, -0.05) is 25.1 Å². The number of rotatable bonds is 9. The van der Waals surface area contributed by atoms with Gasteiger partial charge in [-0.25, -0.2) is 0 Å². The summed E-state index contributed by atoms with van der Waals surface area (Å²) in [4.78, 5) is 14.4. The maximum Gasteiger partial charge on any atom is 0.220 e. The van der Waals surface area contributed by atoms with E-state index in [2.05, 4.69) is 22.5 Å². The third kappa shape index (κ3) is 9.65. The molecule has 1 saturated heterocycles. The second-order valence-electron chi connectivity index (χ2n) is 7.31. The first-order valence-electron chi connectivity index (χ1n) is 9.39. The lowest BCUT2D eigenvalue weighted by Gasteiger charge is -2.27. The molecule has 0 aromatic heterocycles. The van der Waals surface area contributed by atoms with E-state index in [0.29, 0.717) is 31.4 Å². The number of amides is 1. The van der Waals surface area contributed by atoms with Crippen LogP contribution in [0.15, 0.2) is 24.3 Å². The number of carbonyl (C=O) groups excluding carboxylic acids is 1. The molecule has 1 aliphatic heterocycles. The Kier molecular flexibility index (Phi) is 13.5. The van der Waals surface area contributed by atoms with Crippen molar-refractivity contribution in [1.29, 1.82) is 0 Å². The fourth-order valence-corrected chi connectivity index (χ4v) is 3.27. The standard InChI is InChI=1S/C20H33N3O2.2ClH/c1-16(17-8-10-21-11-9-17)14-20(24)22-15-18-6-4-5-7-19(18)25-13-12-23(2)3;;/h4-7,16-17,21H,8-15H2,1-3H3,(H,22,24);2*1H. The second-order valence-corrected chi connectivity index (χ2v) is 7.31. The van der Waals surface area contributed by atoms with Gasteiger partial charge in [0.05, 0.1) is 0 Å². The van der Waals surface area contributed by atoms with Gasteiger partial charge in [0.25, 0.3) is 0 Å². The lowest BCUT2D eigenvalue weighted by atomic mass is 9.84. The molecule has 1 unspecified atom stereocenters. The van der Waals surface area contributed by atoms with E-state index >= 15 is 0 Å². The maximum atomic E-state index is 12.3. The normalized spacial score (nSPS) is 15.4. The van der Waals surface area contributed by atoms with Gasteiger partial charge < -0.3 is 20.3 Å². The Hall–Kier alpha value is -1.01. The van der Waals surface area contributed by atoms with Crippen molar-refractivity contribution in [1.82, 2.24) is 15.5 Å².